The smallest absolute Gasteiger partial charge is 0.234 e. The zero-order chi connectivity index (χ0) is 13.7. The normalized spacial score (nSPS) is 19.2. The van der Waals surface area contributed by atoms with E-state index in [1.54, 1.807) is 12.1 Å². The van der Waals surface area contributed by atoms with E-state index in [9.17, 15) is 9.18 Å². The summed E-state index contributed by atoms with van der Waals surface area (Å²) in [5.74, 6) is -0.247. The van der Waals surface area contributed by atoms with Gasteiger partial charge in [-0.1, -0.05) is 12.1 Å². The Hall–Kier alpha value is -1.17. The largest absolute Gasteiger partial charge is 0.351 e. The summed E-state index contributed by atoms with van der Waals surface area (Å²) in [6, 6.07) is 6.55. The van der Waals surface area contributed by atoms with Crippen molar-refractivity contribution in [3.8, 4) is 0 Å². The fraction of sp³-hybridized carbons (Fsp3) is 0.500. The molecule has 20 heavy (non-hydrogen) atoms. The summed E-state index contributed by atoms with van der Waals surface area (Å²) in [6.07, 6.45) is 0. The van der Waals surface area contributed by atoms with Gasteiger partial charge in [0.2, 0.25) is 5.91 Å². The van der Waals surface area contributed by atoms with Crippen molar-refractivity contribution in [2.45, 2.75) is 19.5 Å². The first-order chi connectivity index (χ1) is 9.15. The number of piperazine rings is 1. The highest BCUT2D eigenvalue weighted by Crippen LogP contribution is 2.03. The highest BCUT2D eigenvalue weighted by Gasteiger charge is 2.19. The molecule has 2 rings (SSSR count). The third kappa shape index (κ3) is 5.07. The number of carbonyl (C=O) groups excluding carboxylic acids is 1. The molecule has 1 amide bonds. The zero-order valence-electron chi connectivity index (χ0n) is 11.6. The van der Waals surface area contributed by atoms with E-state index in [1.807, 2.05) is 0 Å². The SMILES string of the molecule is C[C@@H]1CNCCN1CC(=O)NCc1ccc(F)cc1.Cl. The average Bonchev–Trinajstić information content (AvgIpc) is 2.41. The molecule has 0 bridgehead atoms. The molecule has 1 saturated heterocycles. The monoisotopic (exact) mass is 301 g/mol. The molecule has 0 unspecified atom stereocenters. The summed E-state index contributed by atoms with van der Waals surface area (Å²) >= 11 is 0. The molecule has 6 heteroatoms. The van der Waals surface area contributed by atoms with Crippen LogP contribution in [0.2, 0.25) is 0 Å². The number of benzene rings is 1. The van der Waals surface area contributed by atoms with E-state index in [0.29, 0.717) is 19.1 Å². The van der Waals surface area contributed by atoms with Crippen LogP contribution in [0, 0.1) is 5.82 Å². The van der Waals surface area contributed by atoms with Crippen LogP contribution in [-0.4, -0.2) is 43.0 Å². The maximum Gasteiger partial charge on any atom is 0.234 e. The predicted molar refractivity (Wildman–Crippen MR) is 79.4 cm³/mol. The Morgan fingerprint density at radius 2 is 2.15 bits per heavy atom. The molecule has 1 aromatic carbocycles. The van der Waals surface area contributed by atoms with Crippen LogP contribution in [-0.2, 0) is 11.3 Å². The maximum atomic E-state index is 12.7. The van der Waals surface area contributed by atoms with Gasteiger partial charge in [0.15, 0.2) is 0 Å². The number of halogens is 2. The summed E-state index contributed by atoms with van der Waals surface area (Å²) < 4.78 is 12.7. The Kier molecular flexibility index (Phi) is 6.91. The van der Waals surface area contributed by atoms with E-state index < -0.39 is 0 Å². The molecular formula is C14H21ClFN3O. The van der Waals surface area contributed by atoms with Gasteiger partial charge in [0.25, 0.3) is 0 Å². The standard InChI is InChI=1S/C14H20FN3O.ClH/c1-11-8-16-6-7-18(11)10-14(19)17-9-12-2-4-13(15)5-3-12;/h2-5,11,16H,6-10H2,1H3,(H,17,19);1H/t11-;/m1./s1. The third-order valence-corrected chi connectivity index (χ3v) is 3.39. The lowest BCUT2D eigenvalue weighted by atomic mass is 10.2. The lowest BCUT2D eigenvalue weighted by Crippen LogP contribution is -2.52. The van der Waals surface area contributed by atoms with Crippen molar-refractivity contribution < 1.29 is 9.18 Å². The van der Waals surface area contributed by atoms with Crippen molar-refractivity contribution in [1.29, 1.82) is 0 Å². The minimum absolute atomic E-state index is 0. The van der Waals surface area contributed by atoms with Crippen molar-refractivity contribution >= 4 is 18.3 Å². The van der Waals surface area contributed by atoms with E-state index in [2.05, 4.69) is 22.5 Å². The first-order valence-corrected chi connectivity index (χ1v) is 6.61. The van der Waals surface area contributed by atoms with E-state index in [0.717, 1.165) is 25.2 Å². The second-order valence-corrected chi connectivity index (χ2v) is 4.93. The average molecular weight is 302 g/mol. The molecule has 2 N–H and O–H groups in total. The van der Waals surface area contributed by atoms with Crippen molar-refractivity contribution in [2.75, 3.05) is 26.2 Å². The van der Waals surface area contributed by atoms with Crippen LogP contribution in [0.25, 0.3) is 0 Å². The second kappa shape index (κ2) is 8.19. The number of hydrogen-bond acceptors (Lipinski definition) is 3. The van der Waals surface area contributed by atoms with Gasteiger partial charge in [-0.3, -0.25) is 9.69 Å². The number of hydrogen-bond donors (Lipinski definition) is 2. The predicted octanol–water partition coefficient (Wildman–Crippen LogP) is 1.16. The fourth-order valence-corrected chi connectivity index (χ4v) is 2.16. The quantitative estimate of drug-likeness (QED) is 0.877. The molecule has 1 aliphatic heterocycles. The van der Waals surface area contributed by atoms with E-state index >= 15 is 0 Å². The molecule has 4 nitrogen and oxygen atoms in total. The molecule has 0 spiro atoms. The Morgan fingerprint density at radius 3 is 2.80 bits per heavy atom. The molecular weight excluding hydrogens is 281 g/mol. The minimum Gasteiger partial charge on any atom is -0.351 e. The number of nitrogens with zero attached hydrogens (tertiary/aromatic N) is 1. The first kappa shape index (κ1) is 16.9. The van der Waals surface area contributed by atoms with Gasteiger partial charge in [-0.2, -0.15) is 0 Å². The zero-order valence-corrected chi connectivity index (χ0v) is 12.4. The molecule has 1 aliphatic rings. The van der Waals surface area contributed by atoms with E-state index in [1.165, 1.54) is 12.1 Å². The van der Waals surface area contributed by atoms with Gasteiger partial charge in [0.1, 0.15) is 5.82 Å². The molecule has 1 aromatic rings. The van der Waals surface area contributed by atoms with Crippen LogP contribution < -0.4 is 10.6 Å². The van der Waals surface area contributed by atoms with E-state index in [-0.39, 0.29) is 24.1 Å². The van der Waals surface area contributed by atoms with Crippen LogP contribution in [0.5, 0.6) is 0 Å². The van der Waals surface area contributed by atoms with Crippen LogP contribution >= 0.6 is 12.4 Å². The summed E-state index contributed by atoms with van der Waals surface area (Å²) in [5, 5.41) is 6.15. The minimum atomic E-state index is -0.260. The molecule has 1 atom stereocenters. The topological polar surface area (TPSA) is 44.4 Å². The molecule has 0 saturated carbocycles. The maximum absolute atomic E-state index is 12.7. The van der Waals surface area contributed by atoms with Gasteiger partial charge >= 0.3 is 0 Å². The molecule has 1 heterocycles. The van der Waals surface area contributed by atoms with Crippen LogP contribution in [0.3, 0.4) is 0 Å². The summed E-state index contributed by atoms with van der Waals surface area (Å²) in [6.45, 7) is 5.72. The van der Waals surface area contributed by atoms with Crippen molar-refractivity contribution in [2.24, 2.45) is 0 Å². The summed E-state index contributed by atoms with van der Waals surface area (Å²) in [5.41, 5.74) is 0.906. The van der Waals surface area contributed by atoms with Gasteiger partial charge < -0.3 is 10.6 Å². The number of carbonyl (C=O) groups is 1. The summed E-state index contributed by atoms with van der Waals surface area (Å²) in [4.78, 5) is 14.0. The molecule has 112 valence electrons. The Bertz CT molecular complexity index is 427. The van der Waals surface area contributed by atoms with Gasteiger partial charge in [-0.05, 0) is 24.6 Å². The van der Waals surface area contributed by atoms with Gasteiger partial charge in [-0.25, -0.2) is 4.39 Å². The molecule has 1 fully saturated rings. The Morgan fingerprint density at radius 1 is 1.45 bits per heavy atom. The lowest BCUT2D eigenvalue weighted by molar-refractivity contribution is -0.123. The number of nitrogens with one attached hydrogen (secondary N) is 2. The van der Waals surface area contributed by atoms with Crippen molar-refractivity contribution in [3.05, 3.63) is 35.6 Å². The summed E-state index contributed by atoms with van der Waals surface area (Å²) in [7, 11) is 0. The highest BCUT2D eigenvalue weighted by atomic mass is 35.5. The van der Waals surface area contributed by atoms with Crippen molar-refractivity contribution in [3.63, 3.8) is 0 Å². The Labute approximate surface area is 125 Å². The second-order valence-electron chi connectivity index (χ2n) is 4.93. The first-order valence-electron chi connectivity index (χ1n) is 6.61. The van der Waals surface area contributed by atoms with E-state index in [4.69, 9.17) is 0 Å². The van der Waals surface area contributed by atoms with Gasteiger partial charge in [0.05, 0.1) is 6.54 Å². The lowest BCUT2D eigenvalue weighted by Gasteiger charge is -2.33. The Balaban J connectivity index is 0.00000200. The number of amides is 1. The fourth-order valence-electron chi connectivity index (χ4n) is 2.16. The van der Waals surface area contributed by atoms with Gasteiger partial charge in [0, 0.05) is 32.2 Å². The molecule has 0 radical (unpaired) electrons. The van der Waals surface area contributed by atoms with Crippen LogP contribution in [0.4, 0.5) is 4.39 Å². The van der Waals surface area contributed by atoms with Crippen LogP contribution in [0.1, 0.15) is 12.5 Å². The van der Waals surface area contributed by atoms with Gasteiger partial charge in [-0.15, -0.1) is 12.4 Å². The van der Waals surface area contributed by atoms with Crippen molar-refractivity contribution in [1.82, 2.24) is 15.5 Å². The molecule has 0 aromatic heterocycles. The molecule has 0 aliphatic carbocycles. The third-order valence-electron chi connectivity index (χ3n) is 3.39. The number of rotatable bonds is 4. The highest BCUT2D eigenvalue weighted by molar-refractivity contribution is 5.85. The van der Waals surface area contributed by atoms with Crippen LogP contribution in [0.15, 0.2) is 24.3 Å².